The van der Waals surface area contributed by atoms with Gasteiger partial charge in [-0.25, -0.2) is 0 Å². The molecule has 2 rings (SSSR count). The highest BCUT2D eigenvalue weighted by molar-refractivity contribution is 9.10. The number of aliphatic imine (C=N–C) groups is 1. The van der Waals surface area contributed by atoms with Crippen LogP contribution in [0.25, 0.3) is 0 Å². The van der Waals surface area contributed by atoms with Crippen LogP contribution in [-0.2, 0) is 0 Å². The largest absolute Gasteiger partial charge is 0.334 e. The lowest BCUT2D eigenvalue weighted by Gasteiger charge is -2.08. The average Bonchev–Trinajstić information content (AvgIpc) is 2.71. The maximum atomic E-state index is 6.15. The molecule has 1 heterocycles. The maximum Gasteiger partial charge on any atom is 0.161 e. The fourth-order valence-corrected chi connectivity index (χ4v) is 3.41. The van der Waals surface area contributed by atoms with Crippen LogP contribution in [0.5, 0.6) is 0 Å². The lowest BCUT2D eigenvalue weighted by molar-refractivity contribution is 0.543. The molecular formula is C12H14BrClN2S. The van der Waals surface area contributed by atoms with Crippen LogP contribution in [0.3, 0.4) is 0 Å². The normalized spacial score (nSPS) is 19.6. The number of nitrogens with zero attached hydrogens (tertiary/aromatic N) is 1. The Hall–Kier alpha value is -0.190. The van der Waals surface area contributed by atoms with Crippen molar-refractivity contribution in [2.75, 3.05) is 11.1 Å². The third kappa shape index (κ3) is 3.39. The van der Waals surface area contributed by atoms with Gasteiger partial charge >= 0.3 is 0 Å². The summed E-state index contributed by atoms with van der Waals surface area (Å²) in [5.74, 6) is 1.64. The van der Waals surface area contributed by atoms with Crippen LogP contribution >= 0.6 is 39.3 Å². The van der Waals surface area contributed by atoms with Gasteiger partial charge in [-0.15, -0.1) is 0 Å². The minimum Gasteiger partial charge on any atom is -0.334 e. The highest BCUT2D eigenvalue weighted by atomic mass is 79.9. The molecule has 1 aliphatic heterocycles. The molecule has 1 atom stereocenters. The number of anilines is 1. The molecule has 1 aliphatic rings. The molecule has 1 N–H and O–H groups in total. The summed E-state index contributed by atoms with van der Waals surface area (Å²) in [7, 11) is 0. The number of nitrogens with one attached hydrogen (secondary N) is 1. The summed E-state index contributed by atoms with van der Waals surface area (Å²) < 4.78 is 0.981. The molecule has 1 aromatic carbocycles. The minimum atomic E-state index is 0.414. The van der Waals surface area contributed by atoms with Crippen molar-refractivity contribution in [3.8, 4) is 0 Å². The molecule has 5 heteroatoms. The Bertz CT molecular complexity index is 448. The summed E-state index contributed by atoms with van der Waals surface area (Å²) >= 11 is 11.3. The Morgan fingerprint density at radius 3 is 2.88 bits per heavy atom. The number of halogens is 2. The third-order valence-corrected chi connectivity index (χ3v) is 4.41. The highest BCUT2D eigenvalue weighted by Gasteiger charge is 2.21. The summed E-state index contributed by atoms with van der Waals surface area (Å²) in [6, 6.07) is 6.22. The number of amidine groups is 1. The van der Waals surface area contributed by atoms with Gasteiger partial charge in [0.1, 0.15) is 0 Å². The minimum absolute atomic E-state index is 0.414. The first-order valence-electron chi connectivity index (χ1n) is 5.49. The fourth-order valence-electron chi connectivity index (χ4n) is 1.51. The lowest BCUT2D eigenvalue weighted by atomic mass is 10.1. The molecule has 0 spiro atoms. The van der Waals surface area contributed by atoms with E-state index in [1.54, 1.807) is 11.8 Å². The molecule has 17 heavy (non-hydrogen) atoms. The molecule has 0 bridgehead atoms. The lowest BCUT2D eigenvalue weighted by Crippen LogP contribution is -2.12. The summed E-state index contributed by atoms with van der Waals surface area (Å²) in [6.45, 7) is 4.40. The van der Waals surface area contributed by atoms with Crippen LogP contribution in [-0.4, -0.2) is 17.0 Å². The number of benzene rings is 1. The molecule has 0 fully saturated rings. The van der Waals surface area contributed by atoms with Crippen molar-refractivity contribution in [3.63, 3.8) is 0 Å². The van der Waals surface area contributed by atoms with Crippen LogP contribution in [0.4, 0.5) is 5.69 Å². The maximum absolute atomic E-state index is 6.15. The molecule has 2 nitrogen and oxygen atoms in total. The first-order valence-corrected chi connectivity index (χ1v) is 7.64. The zero-order valence-corrected chi connectivity index (χ0v) is 12.9. The van der Waals surface area contributed by atoms with E-state index in [1.165, 1.54) is 0 Å². The Kier molecular flexibility index (Phi) is 4.39. The summed E-state index contributed by atoms with van der Waals surface area (Å²) in [6.07, 6.45) is 0. The zero-order chi connectivity index (χ0) is 12.4. The second-order valence-electron chi connectivity index (χ2n) is 4.31. The van der Waals surface area contributed by atoms with Crippen molar-refractivity contribution in [3.05, 3.63) is 27.7 Å². The SMILES string of the molecule is CC(C)[C@H]1CSC(Nc2ccc(Br)cc2Cl)=N1. The molecule has 0 amide bonds. The van der Waals surface area contributed by atoms with Gasteiger partial charge in [0.25, 0.3) is 0 Å². The second-order valence-corrected chi connectivity index (χ2v) is 6.64. The molecule has 0 unspecified atom stereocenters. The molecule has 0 aliphatic carbocycles. The van der Waals surface area contributed by atoms with Crippen molar-refractivity contribution < 1.29 is 0 Å². The first kappa shape index (κ1) is 13.2. The van der Waals surface area contributed by atoms with Crippen LogP contribution < -0.4 is 5.32 Å². The van der Waals surface area contributed by atoms with E-state index in [4.69, 9.17) is 11.6 Å². The first-order chi connectivity index (χ1) is 8.06. The highest BCUT2D eigenvalue weighted by Crippen LogP contribution is 2.29. The summed E-state index contributed by atoms with van der Waals surface area (Å²) in [5.41, 5.74) is 0.908. The van der Waals surface area contributed by atoms with Crippen LogP contribution in [0.2, 0.25) is 5.02 Å². The Labute approximate surface area is 119 Å². The van der Waals surface area contributed by atoms with Crippen molar-refractivity contribution >= 4 is 50.1 Å². The molecular weight excluding hydrogens is 320 g/mol. The van der Waals surface area contributed by atoms with E-state index in [2.05, 4.69) is 40.1 Å². The molecule has 0 aromatic heterocycles. The van der Waals surface area contributed by atoms with Crippen molar-refractivity contribution in [1.29, 1.82) is 0 Å². The Balaban J connectivity index is 2.09. The van der Waals surface area contributed by atoms with Gasteiger partial charge in [0.15, 0.2) is 5.17 Å². The van der Waals surface area contributed by atoms with Gasteiger partial charge < -0.3 is 5.32 Å². The molecule has 1 aromatic rings. The Morgan fingerprint density at radius 1 is 1.53 bits per heavy atom. The van der Waals surface area contributed by atoms with Gasteiger partial charge in [0.05, 0.1) is 16.8 Å². The van der Waals surface area contributed by atoms with Gasteiger partial charge in [-0.05, 0) is 24.1 Å². The average molecular weight is 334 g/mol. The molecule has 0 saturated carbocycles. The smallest absolute Gasteiger partial charge is 0.161 e. The van der Waals surface area contributed by atoms with E-state index >= 15 is 0 Å². The van der Waals surface area contributed by atoms with E-state index in [9.17, 15) is 0 Å². The molecule has 0 saturated heterocycles. The molecule has 0 radical (unpaired) electrons. The number of hydrogen-bond donors (Lipinski definition) is 1. The predicted molar refractivity (Wildman–Crippen MR) is 81.3 cm³/mol. The van der Waals surface area contributed by atoms with Crippen LogP contribution in [0, 0.1) is 5.92 Å². The monoisotopic (exact) mass is 332 g/mol. The fraction of sp³-hybridized carbons (Fsp3) is 0.417. The van der Waals surface area contributed by atoms with Crippen LogP contribution in [0.1, 0.15) is 13.8 Å². The van der Waals surface area contributed by atoms with Gasteiger partial charge in [0, 0.05) is 10.2 Å². The van der Waals surface area contributed by atoms with E-state index in [1.807, 2.05) is 18.2 Å². The Morgan fingerprint density at radius 2 is 2.29 bits per heavy atom. The third-order valence-electron chi connectivity index (χ3n) is 2.62. The van der Waals surface area contributed by atoms with Crippen LogP contribution in [0.15, 0.2) is 27.7 Å². The van der Waals surface area contributed by atoms with E-state index in [0.29, 0.717) is 17.0 Å². The van der Waals surface area contributed by atoms with Crippen molar-refractivity contribution in [2.24, 2.45) is 10.9 Å². The van der Waals surface area contributed by atoms with E-state index < -0.39 is 0 Å². The zero-order valence-electron chi connectivity index (χ0n) is 9.71. The van der Waals surface area contributed by atoms with E-state index in [0.717, 1.165) is 21.1 Å². The van der Waals surface area contributed by atoms with Gasteiger partial charge in [-0.3, -0.25) is 4.99 Å². The van der Waals surface area contributed by atoms with Gasteiger partial charge in [-0.1, -0.05) is 53.1 Å². The molecule has 92 valence electrons. The predicted octanol–water partition coefficient (Wildman–Crippen LogP) is 4.64. The standard InChI is InChI=1S/C12H14BrClN2S/c1-7(2)11-6-17-12(16-11)15-10-4-3-8(13)5-9(10)14/h3-5,7,11H,6H2,1-2H3,(H,15,16)/t11-/m1/s1. The van der Waals surface area contributed by atoms with Crippen molar-refractivity contribution in [2.45, 2.75) is 19.9 Å². The number of rotatable bonds is 2. The van der Waals surface area contributed by atoms with E-state index in [-0.39, 0.29) is 0 Å². The summed E-state index contributed by atoms with van der Waals surface area (Å²) in [5, 5.41) is 4.95. The quantitative estimate of drug-likeness (QED) is 0.852. The number of hydrogen-bond acceptors (Lipinski definition) is 3. The summed E-state index contributed by atoms with van der Waals surface area (Å²) in [4.78, 5) is 4.64. The second kappa shape index (κ2) is 5.63. The van der Waals surface area contributed by atoms with Crippen molar-refractivity contribution in [1.82, 2.24) is 0 Å². The van der Waals surface area contributed by atoms with Gasteiger partial charge in [0.2, 0.25) is 0 Å². The number of thioether (sulfide) groups is 1. The van der Waals surface area contributed by atoms with Gasteiger partial charge in [-0.2, -0.15) is 0 Å². The topological polar surface area (TPSA) is 24.4 Å².